The van der Waals surface area contributed by atoms with Crippen molar-refractivity contribution in [3.63, 3.8) is 0 Å². The molecule has 2 aromatic rings. The summed E-state index contributed by atoms with van der Waals surface area (Å²) in [5, 5.41) is 3.15. The molecule has 6 heteroatoms. The lowest BCUT2D eigenvalue weighted by Gasteiger charge is -2.07. The molecule has 0 aliphatic heterocycles. The van der Waals surface area contributed by atoms with Gasteiger partial charge in [-0.15, -0.1) is 0 Å². The van der Waals surface area contributed by atoms with Crippen molar-refractivity contribution in [1.29, 1.82) is 0 Å². The predicted molar refractivity (Wildman–Crippen MR) is 61.8 cm³/mol. The summed E-state index contributed by atoms with van der Waals surface area (Å²) in [7, 11) is 1.97. The Morgan fingerprint density at radius 3 is 3.00 bits per heavy atom. The largest absolute Gasteiger partial charge is 0.394 e. The standard InChI is InChI=1S/C10H14N6/c1-16-5-4-13-9(16)2-3-14-10-8(11)6-12-7-15-10/h4-7H,2-3,11H2,1H3,(H,12,14,15). The van der Waals surface area contributed by atoms with E-state index in [0.717, 1.165) is 18.8 Å². The van der Waals surface area contributed by atoms with Crippen molar-refractivity contribution in [2.75, 3.05) is 17.6 Å². The number of nitrogen functional groups attached to an aromatic ring is 1. The Labute approximate surface area is 93.6 Å². The van der Waals surface area contributed by atoms with Crippen LogP contribution in [0.5, 0.6) is 0 Å². The van der Waals surface area contributed by atoms with E-state index in [1.807, 2.05) is 17.8 Å². The first-order valence-corrected chi connectivity index (χ1v) is 5.03. The van der Waals surface area contributed by atoms with Gasteiger partial charge in [0.05, 0.1) is 11.9 Å². The van der Waals surface area contributed by atoms with Crippen molar-refractivity contribution in [3.05, 3.63) is 30.7 Å². The lowest BCUT2D eigenvalue weighted by atomic mass is 10.4. The monoisotopic (exact) mass is 218 g/mol. The van der Waals surface area contributed by atoms with Gasteiger partial charge in [-0.25, -0.2) is 15.0 Å². The first kappa shape index (κ1) is 10.4. The predicted octanol–water partition coefficient (Wildman–Crippen LogP) is 0.447. The highest BCUT2D eigenvalue weighted by molar-refractivity contribution is 5.58. The third-order valence-corrected chi connectivity index (χ3v) is 2.30. The minimum Gasteiger partial charge on any atom is -0.394 e. The zero-order valence-corrected chi connectivity index (χ0v) is 9.09. The molecule has 0 aliphatic rings. The van der Waals surface area contributed by atoms with E-state index >= 15 is 0 Å². The molecule has 0 saturated carbocycles. The normalized spacial score (nSPS) is 10.3. The highest BCUT2D eigenvalue weighted by Gasteiger charge is 2.01. The second-order valence-electron chi connectivity index (χ2n) is 3.46. The number of nitrogens with one attached hydrogen (secondary N) is 1. The van der Waals surface area contributed by atoms with E-state index in [4.69, 9.17) is 5.73 Å². The smallest absolute Gasteiger partial charge is 0.152 e. The first-order chi connectivity index (χ1) is 7.77. The van der Waals surface area contributed by atoms with Gasteiger partial charge in [0.25, 0.3) is 0 Å². The van der Waals surface area contributed by atoms with Crippen LogP contribution in [0.25, 0.3) is 0 Å². The van der Waals surface area contributed by atoms with Gasteiger partial charge in [-0.2, -0.15) is 0 Å². The Morgan fingerprint density at radius 1 is 1.44 bits per heavy atom. The molecule has 0 aromatic carbocycles. The van der Waals surface area contributed by atoms with E-state index in [-0.39, 0.29) is 0 Å². The molecule has 0 fully saturated rings. The second kappa shape index (κ2) is 4.61. The molecule has 0 unspecified atom stereocenters. The van der Waals surface area contributed by atoms with Gasteiger partial charge in [0.2, 0.25) is 0 Å². The van der Waals surface area contributed by atoms with E-state index in [1.165, 1.54) is 6.33 Å². The maximum Gasteiger partial charge on any atom is 0.152 e. The van der Waals surface area contributed by atoms with Gasteiger partial charge >= 0.3 is 0 Å². The summed E-state index contributed by atoms with van der Waals surface area (Å²) in [5.74, 6) is 1.70. The van der Waals surface area contributed by atoms with Gasteiger partial charge in [0, 0.05) is 32.4 Å². The molecule has 2 aromatic heterocycles. The SMILES string of the molecule is Cn1ccnc1CCNc1ncncc1N. The van der Waals surface area contributed by atoms with Crippen LogP contribution >= 0.6 is 0 Å². The number of aryl methyl sites for hydroxylation is 1. The Hall–Kier alpha value is -2.11. The summed E-state index contributed by atoms with van der Waals surface area (Å²) in [6.45, 7) is 0.742. The number of anilines is 2. The number of rotatable bonds is 4. The molecule has 2 heterocycles. The van der Waals surface area contributed by atoms with Crippen LogP contribution in [0, 0.1) is 0 Å². The van der Waals surface area contributed by atoms with Crippen molar-refractivity contribution in [1.82, 2.24) is 19.5 Å². The fourth-order valence-corrected chi connectivity index (χ4v) is 1.42. The summed E-state index contributed by atoms with van der Waals surface area (Å²) in [6, 6.07) is 0. The topological polar surface area (TPSA) is 81.7 Å². The first-order valence-electron chi connectivity index (χ1n) is 5.03. The van der Waals surface area contributed by atoms with Crippen molar-refractivity contribution in [3.8, 4) is 0 Å². The molecule has 3 N–H and O–H groups in total. The summed E-state index contributed by atoms with van der Waals surface area (Å²) in [4.78, 5) is 12.1. The van der Waals surface area contributed by atoms with Crippen LogP contribution < -0.4 is 11.1 Å². The lowest BCUT2D eigenvalue weighted by molar-refractivity contribution is 0.788. The molecule has 84 valence electrons. The third kappa shape index (κ3) is 2.28. The maximum atomic E-state index is 5.70. The van der Waals surface area contributed by atoms with Gasteiger partial charge in [0.15, 0.2) is 5.82 Å². The van der Waals surface area contributed by atoms with E-state index in [2.05, 4.69) is 20.3 Å². The Morgan fingerprint density at radius 2 is 2.31 bits per heavy atom. The molecule has 16 heavy (non-hydrogen) atoms. The molecule has 0 amide bonds. The van der Waals surface area contributed by atoms with Gasteiger partial charge in [-0.3, -0.25) is 0 Å². The van der Waals surface area contributed by atoms with Crippen molar-refractivity contribution >= 4 is 11.5 Å². The number of nitrogens with two attached hydrogens (primary N) is 1. The third-order valence-electron chi connectivity index (χ3n) is 2.30. The quantitative estimate of drug-likeness (QED) is 0.778. The average Bonchev–Trinajstić information content (AvgIpc) is 2.67. The summed E-state index contributed by atoms with van der Waals surface area (Å²) in [5.41, 5.74) is 6.26. The molecule has 6 nitrogen and oxygen atoms in total. The average molecular weight is 218 g/mol. The van der Waals surface area contributed by atoms with Gasteiger partial charge in [0.1, 0.15) is 12.2 Å². The number of aromatic nitrogens is 4. The maximum absolute atomic E-state index is 5.70. The summed E-state index contributed by atoms with van der Waals surface area (Å²) >= 11 is 0. The summed E-state index contributed by atoms with van der Waals surface area (Å²) in [6.07, 6.45) is 7.59. The second-order valence-corrected chi connectivity index (χ2v) is 3.46. The molecular weight excluding hydrogens is 204 g/mol. The van der Waals surface area contributed by atoms with Crippen LogP contribution in [-0.2, 0) is 13.5 Å². The fraction of sp³-hybridized carbons (Fsp3) is 0.300. The molecule has 0 bridgehead atoms. The van der Waals surface area contributed by atoms with E-state index < -0.39 is 0 Å². The molecule has 2 rings (SSSR count). The van der Waals surface area contributed by atoms with Crippen molar-refractivity contribution in [2.45, 2.75) is 6.42 Å². The molecular formula is C10H14N6. The lowest BCUT2D eigenvalue weighted by Crippen LogP contribution is -2.11. The van der Waals surface area contributed by atoms with Crippen LogP contribution in [0.15, 0.2) is 24.9 Å². The fourth-order valence-electron chi connectivity index (χ4n) is 1.42. The highest BCUT2D eigenvalue weighted by atomic mass is 15.1. The van der Waals surface area contributed by atoms with Crippen molar-refractivity contribution < 1.29 is 0 Å². The summed E-state index contributed by atoms with van der Waals surface area (Å²) < 4.78 is 1.99. The Balaban J connectivity index is 1.89. The minimum atomic E-state index is 0.558. The van der Waals surface area contributed by atoms with Crippen LogP contribution in [0.3, 0.4) is 0 Å². The van der Waals surface area contributed by atoms with Crippen molar-refractivity contribution in [2.24, 2.45) is 7.05 Å². The van der Waals surface area contributed by atoms with E-state index in [9.17, 15) is 0 Å². The Kier molecular flexibility index (Phi) is 3.00. The molecule has 0 radical (unpaired) electrons. The minimum absolute atomic E-state index is 0.558. The van der Waals surface area contributed by atoms with E-state index in [1.54, 1.807) is 12.4 Å². The van der Waals surface area contributed by atoms with Crippen LogP contribution in [0.1, 0.15) is 5.82 Å². The molecule has 0 atom stereocenters. The van der Waals surface area contributed by atoms with Gasteiger partial charge in [-0.1, -0.05) is 0 Å². The zero-order valence-electron chi connectivity index (χ0n) is 9.09. The van der Waals surface area contributed by atoms with Crippen LogP contribution in [-0.4, -0.2) is 26.1 Å². The van der Waals surface area contributed by atoms with Gasteiger partial charge in [-0.05, 0) is 0 Å². The number of hydrogen-bond acceptors (Lipinski definition) is 5. The Bertz CT molecular complexity index is 464. The van der Waals surface area contributed by atoms with Crippen LogP contribution in [0.4, 0.5) is 11.5 Å². The van der Waals surface area contributed by atoms with Gasteiger partial charge < -0.3 is 15.6 Å². The molecule has 0 spiro atoms. The number of nitrogens with zero attached hydrogens (tertiary/aromatic N) is 4. The zero-order chi connectivity index (χ0) is 11.4. The molecule has 0 aliphatic carbocycles. The highest BCUT2D eigenvalue weighted by Crippen LogP contribution is 2.10. The van der Waals surface area contributed by atoms with Crippen LogP contribution in [0.2, 0.25) is 0 Å². The molecule has 0 saturated heterocycles. The number of imidazole rings is 1. The number of hydrogen-bond donors (Lipinski definition) is 2. The van der Waals surface area contributed by atoms with E-state index in [0.29, 0.717) is 11.5 Å².